The highest BCUT2D eigenvalue weighted by Gasteiger charge is 2.28. The van der Waals surface area contributed by atoms with Crippen LogP contribution in [0.5, 0.6) is 5.75 Å². The minimum absolute atomic E-state index is 0.134. The maximum absolute atomic E-state index is 10.1. The van der Waals surface area contributed by atoms with E-state index in [4.69, 9.17) is 4.74 Å². The fourth-order valence-corrected chi connectivity index (χ4v) is 2.76. The van der Waals surface area contributed by atoms with Crippen molar-refractivity contribution >= 4 is 11.3 Å². The molecule has 4 heteroatoms. The number of hydrogen-bond donors (Lipinski definition) is 1. The van der Waals surface area contributed by atoms with Gasteiger partial charge in [-0.1, -0.05) is 18.2 Å². The number of nitrogens with zero attached hydrogens (tertiary/aromatic N) is 1. The van der Waals surface area contributed by atoms with E-state index in [1.54, 1.807) is 11.3 Å². The summed E-state index contributed by atoms with van der Waals surface area (Å²) in [6.45, 7) is 1.97. The summed E-state index contributed by atoms with van der Waals surface area (Å²) in [5, 5.41) is 13.1. The summed E-state index contributed by atoms with van der Waals surface area (Å²) in [6, 6.07) is 7.63. The minimum atomic E-state index is -0.466. The van der Waals surface area contributed by atoms with Crippen molar-refractivity contribution < 1.29 is 9.84 Å². The van der Waals surface area contributed by atoms with E-state index in [0.717, 1.165) is 22.0 Å². The van der Waals surface area contributed by atoms with Gasteiger partial charge < -0.3 is 9.84 Å². The van der Waals surface area contributed by atoms with Gasteiger partial charge >= 0.3 is 0 Å². The number of aliphatic hydroxyl groups excluding tert-OH is 1. The number of aryl methyl sites for hydroxylation is 1. The lowest BCUT2D eigenvalue weighted by Gasteiger charge is -2.28. The molecule has 88 valence electrons. The topological polar surface area (TPSA) is 42.4 Å². The first kappa shape index (κ1) is 10.7. The number of benzene rings is 1. The first-order valence-corrected chi connectivity index (χ1v) is 6.47. The van der Waals surface area contributed by atoms with Gasteiger partial charge in [-0.2, -0.15) is 0 Å². The first-order chi connectivity index (χ1) is 8.24. The molecule has 1 aromatic carbocycles. The van der Waals surface area contributed by atoms with E-state index in [9.17, 15) is 5.11 Å². The number of aliphatic hydroxyl groups is 1. The molecule has 0 bridgehead atoms. The average Bonchev–Trinajstić information content (AvgIpc) is 2.76. The van der Waals surface area contributed by atoms with Gasteiger partial charge in [0.1, 0.15) is 11.9 Å². The monoisotopic (exact) mass is 247 g/mol. The Labute approximate surface area is 104 Å². The van der Waals surface area contributed by atoms with Crippen LogP contribution in [0.3, 0.4) is 0 Å². The second-order valence-corrected chi connectivity index (χ2v) is 5.25. The molecule has 0 spiro atoms. The van der Waals surface area contributed by atoms with Crippen LogP contribution in [0, 0.1) is 6.92 Å². The van der Waals surface area contributed by atoms with Gasteiger partial charge in [0.05, 0.1) is 16.8 Å². The smallest absolute Gasteiger partial charge is 0.144 e. The normalized spacial score (nSPS) is 22.9. The standard InChI is InChI=1S/C13H13NO2S/c1-8-14-10(7-17-8)13-6-11(15)9-4-2-3-5-12(9)16-13/h2-5,7,11,13,15H,6H2,1H3/t11-,13?/m0/s1. The summed E-state index contributed by atoms with van der Waals surface area (Å²) >= 11 is 1.61. The lowest BCUT2D eigenvalue weighted by molar-refractivity contribution is 0.0639. The molecule has 2 aromatic rings. The predicted octanol–water partition coefficient (Wildman–Crippen LogP) is 3.01. The molecular weight excluding hydrogens is 234 g/mol. The van der Waals surface area contributed by atoms with Gasteiger partial charge in [0, 0.05) is 17.4 Å². The quantitative estimate of drug-likeness (QED) is 0.842. The molecule has 1 aliphatic rings. The summed E-state index contributed by atoms with van der Waals surface area (Å²) in [6.07, 6.45) is -0.0305. The number of para-hydroxylation sites is 1. The van der Waals surface area contributed by atoms with Gasteiger partial charge in [-0.05, 0) is 13.0 Å². The van der Waals surface area contributed by atoms with Gasteiger partial charge in [0.2, 0.25) is 0 Å². The molecule has 3 rings (SSSR count). The number of aromatic nitrogens is 1. The van der Waals surface area contributed by atoms with Crippen LogP contribution in [0.25, 0.3) is 0 Å². The van der Waals surface area contributed by atoms with Crippen molar-refractivity contribution in [3.05, 3.63) is 45.9 Å². The lowest BCUT2D eigenvalue weighted by Crippen LogP contribution is -2.19. The van der Waals surface area contributed by atoms with Crippen LogP contribution in [-0.4, -0.2) is 10.1 Å². The molecule has 1 aliphatic heterocycles. The van der Waals surface area contributed by atoms with Crippen molar-refractivity contribution in [2.45, 2.75) is 25.6 Å². The largest absolute Gasteiger partial charge is 0.484 e. The molecule has 0 fully saturated rings. The summed E-state index contributed by atoms with van der Waals surface area (Å²) in [5.41, 5.74) is 1.79. The van der Waals surface area contributed by atoms with Crippen LogP contribution in [-0.2, 0) is 0 Å². The molecule has 0 saturated carbocycles. The summed E-state index contributed by atoms with van der Waals surface area (Å²) in [4.78, 5) is 4.42. The number of rotatable bonds is 1. The maximum Gasteiger partial charge on any atom is 0.144 e. The zero-order chi connectivity index (χ0) is 11.8. The summed E-state index contributed by atoms with van der Waals surface area (Å²) < 4.78 is 5.89. The molecular formula is C13H13NO2S. The summed E-state index contributed by atoms with van der Waals surface area (Å²) in [5.74, 6) is 0.766. The van der Waals surface area contributed by atoms with Crippen molar-refractivity contribution in [2.24, 2.45) is 0 Å². The molecule has 0 radical (unpaired) electrons. The Bertz CT molecular complexity index is 538. The molecule has 3 nitrogen and oxygen atoms in total. The fourth-order valence-electron chi connectivity index (χ4n) is 2.10. The lowest BCUT2D eigenvalue weighted by atomic mass is 9.98. The second kappa shape index (κ2) is 4.13. The third-order valence-corrected chi connectivity index (χ3v) is 3.74. The molecule has 1 aromatic heterocycles. The van der Waals surface area contributed by atoms with Crippen molar-refractivity contribution in [3.8, 4) is 5.75 Å². The first-order valence-electron chi connectivity index (χ1n) is 5.59. The molecule has 2 atom stereocenters. The fraction of sp³-hybridized carbons (Fsp3) is 0.308. The maximum atomic E-state index is 10.1. The molecule has 0 saturated heterocycles. The van der Waals surface area contributed by atoms with E-state index < -0.39 is 6.10 Å². The van der Waals surface area contributed by atoms with Gasteiger partial charge in [-0.15, -0.1) is 11.3 Å². The molecule has 1 unspecified atom stereocenters. The van der Waals surface area contributed by atoms with Gasteiger partial charge in [-0.3, -0.25) is 0 Å². The van der Waals surface area contributed by atoms with E-state index in [0.29, 0.717) is 6.42 Å². The van der Waals surface area contributed by atoms with Gasteiger partial charge in [-0.25, -0.2) is 4.98 Å². The zero-order valence-electron chi connectivity index (χ0n) is 9.46. The van der Waals surface area contributed by atoms with E-state index in [1.807, 2.05) is 36.6 Å². The predicted molar refractivity (Wildman–Crippen MR) is 66.2 cm³/mol. The Kier molecular flexibility index (Phi) is 2.61. The van der Waals surface area contributed by atoms with Crippen LogP contribution in [0.1, 0.15) is 34.9 Å². The van der Waals surface area contributed by atoms with Crippen molar-refractivity contribution in [1.29, 1.82) is 0 Å². The van der Waals surface area contributed by atoms with E-state index >= 15 is 0 Å². The van der Waals surface area contributed by atoms with Crippen molar-refractivity contribution in [3.63, 3.8) is 0 Å². The van der Waals surface area contributed by atoms with Crippen molar-refractivity contribution in [1.82, 2.24) is 4.98 Å². The number of thiazole rings is 1. The third-order valence-electron chi connectivity index (χ3n) is 2.95. The van der Waals surface area contributed by atoms with Crippen LogP contribution in [0.2, 0.25) is 0 Å². The minimum Gasteiger partial charge on any atom is -0.484 e. The highest BCUT2D eigenvalue weighted by Crippen LogP contribution is 2.40. The third kappa shape index (κ3) is 1.94. The van der Waals surface area contributed by atoms with Gasteiger partial charge in [0.15, 0.2) is 0 Å². The molecule has 0 aliphatic carbocycles. The summed E-state index contributed by atoms with van der Waals surface area (Å²) in [7, 11) is 0. The van der Waals surface area contributed by atoms with E-state index in [2.05, 4.69) is 4.98 Å². The van der Waals surface area contributed by atoms with E-state index in [1.165, 1.54) is 0 Å². The van der Waals surface area contributed by atoms with Crippen LogP contribution in [0.4, 0.5) is 0 Å². The van der Waals surface area contributed by atoms with Gasteiger partial charge in [0.25, 0.3) is 0 Å². The Morgan fingerprint density at radius 3 is 3.00 bits per heavy atom. The molecule has 2 heterocycles. The highest BCUT2D eigenvalue weighted by atomic mass is 32.1. The van der Waals surface area contributed by atoms with Crippen LogP contribution in [0.15, 0.2) is 29.6 Å². The second-order valence-electron chi connectivity index (χ2n) is 4.19. The Hall–Kier alpha value is -1.39. The highest BCUT2D eigenvalue weighted by molar-refractivity contribution is 7.09. The molecule has 1 N–H and O–H groups in total. The Balaban J connectivity index is 1.93. The Morgan fingerprint density at radius 1 is 1.41 bits per heavy atom. The number of ether oxygens (including phenoxy) is 1. The number of fused-ring (bicyclic) bond motifs is 1. The van der Waals surface area contributed by atoms with E-state index in [-0.39, 0.29) is 6.10 Å². The SMILES string of the molecule is Cc1nc(C2C[C@H](O)c3ccccc3O2)cs1. The average molecular weight is 247 g/mol. The Morgan fingerprint density at radius 2 is 2.24 bits per heavy atom. The number of hydrogen-bond acceptors (Lipinski definition) is 4. The molecule has 17 heavy (non-hydrogen) atoms. The van der Waals surface area contributed by atoms with Crippen molar-refractivity contribution in [2.75, 3.05) is 0 Å². The molecule has 0 amide bonds. The van der Waals surface area contributed by atoms with Crippen LogP contribution >= 0.6 is 11.3 Å². The zero-order valence-corrected chi connectivity index (χ0v) is 10.3. The van der Waals surface area contributed by atoms with Crippen LogP contribution < -0.4 is 4.74 Å².